The Bertz CT molecular complexity index is 1020. The Morgan fingerprint density at radius 3 is 2.40 bits per heavy atom. The summed E-state index contributed by atoms with van der Waals surface area (Å²) in [6, 6.07) is 16.2. The SMILES string of the molecule is O=C(c1ccc(S(=O)(=O)N2CCOCC2)cc1)N1CCN=C1SCc1ccccc1. The number of carbonyl (C=O) groups excluding carboxylic acids is 1. The number of benzene rings is 2. The minimum Gasteiger partial charge on any atom is -0.379 e. The molecule has 0 N–H and O–H groups in total. The Balaban J connectivity index is 1.43. The van der Waals surface area contributed by atoms with Gasteiger partial charge in [-0.2, -0.15) is 4.31 Å². The summed E-state index contributed by atoms with van der Waals surface area (Å²) in [5, 5.41) is 0.703. The maximum absolute atomic E-state index is 13.0. The molecule has 158 valence electrons. The summed E-state index contributed by atoms with van der Waals surface area (Å²) >= 11 is 1.54. The first-order chi connectivity index (χ1) is 14.6. The van der Waals surface area contributed by atoms with Crippen LogP contribution >= 0.6 is 11.8 Å². The number of amidine groups is 1. The van der Waals surface area contributed by atoms with Crippen molar-refractivity contribution in [3.8, 4) is 0 Å². The topological polar surface area (TPSA) is 79.3 Å². The van der Waals surface area contributed by atoms with Crippen molar-refractivity contribution in [2.45, 2.75) is 10.6 Å². The smallest absolute Gasteiger partial charge is 0.259 e. The summed E-state index contributed by atoms with van der Waals surface area (Å²) in [5.74, 6) is 0.572. The predicted octanol–water partition coefficient (Wildman–Crippen LogP) is 2.45. The average molecular weight is 446 g/mol. The number of nitrogens with zero attached hydrogens (tertiary/aromatic N) is 3. The van der Waals surface area contributed by atoms with Gasteiger partial charge >= 0.3 is 0 Å². The zero-order chi connectivity index (χ0) is 21.0. The van der Waals surface area contributed by atoms with Gasteiger partial charge in [-0.1, -0.05) is 42.1 Å². The van der Waals surface area contributed by atoms with E-state index in [2.05, 4.69) is 4.99 Å². The van der Waals surface area contributed by atoms with Gasteiger partial charge in [0.25, 0.3) is 5.91 Å². The molecule has 2 aromatic carbocycles. The van der Waals surface area contributed by atoms with Gasteiger partial charge in [0.15, 0.2) is 5.17 Å². The molecule has 1 amide bonds. The van der Waals surface area contributed by atoms with Crippen LogP contribution < -0.4 is 0 Å². The third-order valence-electron chi connectivity index (χ3n) is 4.97. The van der Waals surface area contributed by atoms with Crippen molar-refractivity contribution < 1.29 is 17.9 Å². The van der Waals surface area contributed by atoms with E-state index in [-0.39, 0.29) is 10.8 Å². The van der Waals surface area contributed by atoms with Crippen LogP contribution in [0.3, 0.4) is 0 Å². The van der Waals surface area contributed by atoms with Crippen LogP contribution in [-0.4, -0.2) is 68.1 Å². The molecule has 9 heteroatoms. The van der Waals surface area contributed by atoms with Gasteiger partial charge in [-0.15, -0.1) is 0 Å². The second kappa shape index (κ2) is 9.30. The third-order valence-corrected chi connectivity index (χ3v) is 7.96. The zero-order valence-corrected chi connectivity index (χ0v) is 18.1. The van der Waals surface area contributed by atoms with Gasteiger partial charge in [0.05, 0.1) is 24.7 Å². The minimum absolute atomic E-state index is 0.165. The van der Waals surface area contributed by atoms with E-state index in [1.807, 2.05) is 30.3 Å². The summed E-state index contributed by atoms with van der Waals surface area (Å²) in [7, 11) is -3.57. The molecule has 2 aromatic rings. The number of thioether (sulfide) groups is 1. The Kier molecular flexibility index (Phi) is 6.52. The van der Waals surface area contributed by atoms with E-state index in [0.29, 0.717) is 50.1 Å². The summed E-state index contributed by atoms with van der Waals surface area (Å²) in [6.45, 7) is 2.59. The van der Waals surface area contributed by atoms with Gasteiger partial charge in [-0.3, -0.25) is 14.7 Å². The maximum atomic E-state index is 13.0. The van der Waals surface area contributed by atoms with Crippen LogP contribution in [0.1, 0.15) is 15.9 Å². The second-order valence-electron chi connectivity index (χ2n) is 6.94. The van der Waals surface area contributed by atoms with E-state index < -0.39 is 10.0 Å². The number of sulfonamides is 1. The van der Waals surface area contributed by atoms with Crippen molar-refractivity contribution in [3.05, 3.63) is 65.7 Å². The molecule has 7 nitrogen and oxygen atoms in total. The van der Waals surface area contributed by atoms with Crippen LogP contribution in [0.25, 0.3) is 0 Å². The van der Waals surface area contributed by atoms with Crippen LogP contribution in [0.15, 0.2) is 64.5 Å². The van der Waals surface area contributed by atoms with Gasteiger partial charge < -0.3 is 4.74 Å². The van der Waals surface area contributed by atoms with Crippen molar-refractivity contribution in [1.29, 1.82) is 0 Å². The number of rotatable bonds is 5. The van der Waals surface area contributed by atoms with E-state index in [9.17, 15) is 13.2 Å². The lowest BCUT2D eigenvalue weighted by Crippen LogP contribution is -2.40. The van der Waals surface area contributed by atoms with Crippen molar-refractivity contribution in [2.24, 2.45) is 4.99 Å². The van der Waals surface area contributed by atoms with Crippen LogP contribution in [-0.2, 0) is 20.5 Å². The van der Waals surface area contributed by atoms with Gasteiger partial charge in [0, 0.05) is 31.0 Å². The van der Waals surface area contributed by atoms with Crippen LogP contribution in [0, 0.1) is 0 Å². The highest BCUT2D eigenvalue weighted by molar-refractivity contribution is 8.13. The third kappa shape index (κ3) is 4.59. The van der Waals surface area contributed by atoms with Gasteiger partial charge in [-0.05, 0) is 29.8 Å². The fourth-order valence-electron chi connectivity index (χ4n) is 3.32. The van der Waals surface area contributed by atoms with Crippen molar-refractivity contribution in [1.82, 2.24) is 9.21 Å². The monoisotopic (exact) mass is 445 g/mol. The quantitative estimate of drug-likeness (QED) is 0.706. The number of ether oxygens (including phenoxy) is 1. The molecule has 0 unspecified atom stereocenters. The molecule has 4 rings (SSSR count). The molecule has 0 saturated carbocycles. The van der Waals surface area contributed by atoms with Gasteiger partial charge in [0.1, 0.15) is 0 Å². The summed E-state index contributed by atoms with van der Waals surface area (Å²) in [4.78, 5) is 19.3. The fourth-order valence-corrected chi connectivity index (χ4v) is 5.73. The molecule has 2 aliphatic rings. The molecule has 0 aliphatic carbocycles. The minimum atomic E-state index is -3.57. The number of morpholine rings is 1. The Morgan fingerprint density at radius 2 is 1.70 bits per heavy atom. The Labute approximate surface area is 180 Å². The standard InChI is InChI=1S/C21H23N3O4S2/c25-20(24-11-10-22-21(24)29-16-17-4-2-1-3-5-17)18-6-8-19(9-7-18)30(26,27)23-12-14-28-15-13-23/h1-9H,10-16H2. The largest absolute Gasteiger partial charge is 0.379 e. The summed E-state index contributed by atoms with van der Waals surface area (Å²) < 4.78 is 32.1. The fraction of sp³-hybridized carbons (Fsp3) is 0.333. The number of aliphatic imine (C=N–C) groups is 1. The lowest BCUT2D eigenvalue weighted by atomic mass is 10.2. The first-order valence-electron chi connectivity index (χ1n) is 9.77. The van der Waals surface area contributed by atoms with Gasteiger partial charge in [-0.25, -0.2) is 8.42 Å². The summed E-state index contributed by atoms with van der Waals surface area (Å²) in [6.07, 6.45) is 0. The van der Waals surface area contributed by atoms with E-state index >= 15 is 0 Å². The number of carbonyl (C=O) groups is 1. The lowest BCUT2D eigenvalue weighted by molar-refractivity contribution is 0.0730. The van der Waals surface area contributed by atoms with Crippen LogP contribution in [0.4, 0.5) is 0 Å². The molecule has 1 fully saturated rings. The van der Waals surface area contributed by atoms with E-state index in [1.54, 1.807) is 17.0 Å². The normalized spacial score (nSPS) is 17.7. The summed E-state index contributed by atoms with van der Waals surface area (Å²) in [5.41, 5.74) is 1.62. The molecule has 0 spiro atoms. The van der Waals surface area contributed by atoms with Gasteiger partial charge in [0.2, 0.25) is 10.0 Å². The number of hydrogen-bond acceptors (Lipinski definition) is 6. The first kappa shape index (κ1) is 21.0. The highest BCUT2D eigenvalue weighted by Gasteiger charge is 2.28. The van der Waals surface area contributed by atoms with E-state index in [1.165, 1.54) is 33.8 Å². The molecule has 30 heavy (non-hydrogen) atoms. The maximum Gasteiger partial charge on any atom is 0.259 e. The van der Waals surface area contributed by atoms with Crippen molar-refractivity contribution in [3.63, 3.8) is 0 Å². The molecule has 2 heterocycles. The molecule has 0 bridgehead atoms. The molecule has 1 saturated heterocycles. The number of hydrogen-bond donors (Lipinski definition) is 0. The molecule has 0 radical (unpaired) electrons. The average Bonchev–Trinajstić information content (AvgIpc) is 3.27. The first-order valence-corrected chi connectivity index (χ1v) is 12.2. The number of amides is 1. The Morgan fingerprint density at radius 1 is 1.00 bits per heavy atom. The van der Waals surface area contributed by atoms with E-state index in [0.717, 1.165) is 5.75 Å². The lowest BCUT2D eigenvalue weighted by Gasteiger charge is -2.26. The second-order valence-corrected chi connectivity index (χ2v) is 9.82. The predicted molar refractivity (Wildman–Crippen MR) is 117 cm³/mol. The van der Waals surface area contributed by atoms with Crippen molar-refractivity contribution in [2.75, 3.05) is 39.4 Å². The molecular formula is C21H23N3O4S2. The highest BCUT2D eigenvalue weighted by atomic mass is 32.2. The molecule has 0 aromatic heterocycles. The van der Waals surface area contributed by atoms with Crippen molar-refractivity contribution >= 4 is 32.9 Å². The van der Waals surface area contributed by atoms with E-state index in [4.69, 9.17) is 4.74 Å². The zero-order valence-electron chi connectivity index (χ0n) is 16.4. The van der Waals surface area contributed by atoms with Crippen LogP contribution in [0.2, 0.25) is 0 Å². The van der Waals surface area contributed by atoms with Crippen LogP contribution in [0.5, 0.6) is 0 Å². The molecular weight excluding hydrogens is 422 g/mol. The molecule has 2 aliphatic heterocycles. The molecule has 0 atom stereocenters. The highest BCUT2D eigenvalue weighted by Crippen LogP contribution is 2.23. The Hall–Kier alpha value is -2.20.